The van der Waals surface area contributed by atoms with Gasteiger partial charge in [-0.15, -0.1) is 0 Å². The van der Waals surface area contributed by atoms with E-state index in [0.29, 0.717) is 6.61 Å². The number of carbonyl (C=O) groups excluding carboxylic acids is 1. The molecule has 0 radical (unpaired) electrons. The third-order valence-corrected chi connectivity index (χ3v) is 3.60. The van der Waals surface area contributed by atoms with E-state index in [4.69, 9.17) is 4.74 Å². The lowest BCUT2D eigenvalue weighted by Crippen LogP contribution is -2.35. The molecular weight excluding hydrogens is 238 g/mol. The maximum absolute atomic E-state index is 12.0. The standard InChI is InChI=1S/C16H23NO2/c1-3-5-13-7-9-14(10-8-13)12(2)17-16(18)15-6-4-11-19-15/h7-10,12,15H,3-6,11H2,1-2H3,(H,17,18)/t12-,15+/m0/s1. The Labute approximate surface area is 115 Å². The molecule has 1 aliphatic heterocycles. The van der Waals surface area contributed by atoms with Gasteiger partial charge in [0.2, 0.25) is 5.91 Å². The molecule has 1 amide bonds. The predicted octanol–water partition coefficient (Wildman–Crippen LogP) is 3.00. The third kappa shape index (κ3) is 3.80. The first-order valence-corrected chi connectivity index (χ1v) is 7.21. The largest absolute Gasteiger partial charge is 0.368 e. The van der Waals surface area contributed by atoms with E-state index in [2.05, 4.69) is 36.5 Å². The lowest BCUT2D eigenvalue weighted by atomic mass is 10.0. The zero-order valence-corrected chi connectivity index (χ0v) is 11.8. The van der Waals surface area contributed by atoms with E-state index in [9.17, 15) is 4.79 Å². The molecule has 1 heterocycles. The summed E-state index contributed by atoms with van der Waals surface area (Å²) in [6.07, 6.45) is 3.84. The Morgan fingerprint density at radius 3 is 2.74 bits per heavy atom. The summed E-state index contributed by atoms with van der Waals surface area (Å²) in [6.45, 7) is 4.90. The van der Waals surface area contributed by atoms with Crippen molar-refractivity contribution in [2.45, 2.75) is 51.7 Å². The van der Waals surface area contributed by atoms with Crippen molar-refractivity contribution in [2.24, 2.45) is 0 Å². The fourth-order valence-electron chi connectivity index (χ4n) is 2.44. The maximum Gasteiger partial charge on any atom is 0.249 e. The molecule has 3 heteroatoms. The van der Waals surface area contributed by atoms with Gasteiger partial charge in [-0.05, 0) is 37.3 Å². The summed E-state index contributed by atoms with van der Waals surface area (Å²) >= 11 is 0. The summed E-state index contributed by atoms with van der Waals surface area (Å²) in [7, 11) is 0. The SMILES string of the molecule is CCCc1ccc([C@H](C)NC(=O)[C@H]2CCCO2)cc1. The van der Waals surface area contributed by atoms with Gasteiger partial charge in [0, 0.05) is 6.61 Å². The predicted molar refractivity (Wildman–Crippen MR) is 76.0 cm³/mol. The van der Waals surface area contributed by atoms with Crippen molar-refractivity contribution in [2.75, 3.05) is 6.61 Å². The molecule has 1 saturated heterocycles. The Morgan fingerprint density at radius 1 is 1.42 bits per heavy atom. The van der Waals surface area contributed by atoms with E-state index in [1.165, 1.54) is 5.56 Å². The number of nitrogens with one attached hydrogen (secondary N) is 1. The molecule has 1 aliphatic rings. The number of aryl methyl sites for hydroxylation is 1. The van der Waals surface area contributed by atoms with E-state index in [1.807, 2.05) is 6.92 Å². The highest BCUT2D eigenvalue weighted by Crippen LogP contribution is 2.17. The quantitative estimate of drug-likeness (QED) is 0.885. The highest BCUT2D eigenvalue weighted by molar-refractivity contribution is 5.81. The monoisotopic (exact) mass is 261 g/mol. The van der Waals surface area contributed by atoms with Crippen LogP contribution in [0.3, 0.4) is 0 Å². The number of amides is 1. The molecule has 19 heavy (non-hydrogen) atoms. The van der Waals surface area contributed by atoms with Crippen molar-refractivity contribution in [3.8, 4) is 0 Å². The second-order valence-electron chi connectivity index (χ2n) is 5.22. The van der Waals surface area contributed by atoms with Crippen LogP contribution in [0.2, 0.25) is 0 Å². The van der Waals surface area contributed by atoms with Crippen LogP contribution >= 0.6 is 0 Å². The molecule has 0 spiro atoms. The average molecular weight is 261 g/mol. The number of ether oxygens (including phenoxy) is 1. The Morgan fingerprint density at radius 2 is 2.16 bits per heavy atom. The smallest absolute Gasteiger partial charge is 0.249 e. The van der Waals surface area contributed by atoms with Crippen LogP contribution in [0.4, 0.5) is 0 Å². The van der Waals surface area contributed by atoms with Crippen molar-refractivity contribution >= 4 is 5.91 Å². The lowest BCUT2D eigenvalue weighted by Gasteiger charge is -2.17. The van der Waals surface area contributed by atoms with Crippen molar-refractivity contribution in [3.63, 3.8) is 0 Å². The van der Waals surface area contributed by atoms with Crippen LogP contribution in [0.15, 0.2) is 24.3 Å². The van der Waals surface area contributed by atoms with E-state index in [0.717, 1.165) is 31.2 Å². The number of rotatable bonds is 5. The van der Waals surface area contributed by atoms with Gasteiger partial charge in [-0.2, -0.15) is 0 Å². The van der Waals surface area contributed by atoms with Gasteiger partial charge in [-0.1, -0.05) is 37.6 Å². The molecule has 0 bridgehead atoms. The fraction of sp³-hybridized carbons (Fsp3) is 0.562. The van der Waals surface area contributed by atoms with Crippen molar-refractivity contribution in [1.29, 1.82) is 0 Å². The summed E-state index contributed by atoms with van der Waals surface area (Å²) in [4.78, 5) is 12.0. The molecule has 104 valence electrons. The summed E-state index contributed by atoms with van der Waals surface area (Å²) in [5, 5.41) is 3.03. The van der Waals surface area contributed by atoms with Gasteiger partial charge in [-0.25, -0.2) is 0 Å². The number of carbonyl (C=O) groups is 1. The maximum atomic E-state index is 12.0. The minimum Gasteiger partial charge on any atom is -0.368 e. The van der Waals surface area contributed by atoms with Crippen LogP contribution in [-0.2, 0) is 16.0 Å². The summed E-state index contributed by atoms with van der Waals surface area (Å²) in [5.41, 5.74) is 2.50. The number of hydrogen-bond donors (Lipinski definition) is 1. The van der Waals surface area contributed by atoms with Crippen LogP contribution in [-0.4, -0.2) is 18.6 Å². The molecule has 1 N–H and O–H groups in total. The topological polar surface area (TPSA) is 38.3 Å². The first kappa shape index (κ1) is 14.1. The fourth-order valence-corrected chi connectivity index (χ4v) is 2.44. The Hall–Kier alpha value is -1.35. The van der Waals surface area contributed by atoms with E-state index >= 15 is 0 Å². The molecule has 0 aliphatic carbocycles. The van der Waals surface area contributed by atoms with Gasteiger partial charge in [0.05, 0.1) is 6.04 Å². The van der Waals surface area contributed by atoms with Crippen LogP contribution in [0.1, 0.15) is 50.3 Å². The molecule has 0 unspecified atom stereocenters. The normalized spacial score (nSPS) is 20.2. The van der Waals surface area contributed by atoms with Gasteiger partial charge in [0.25, 0.3) is 0 Å². The second-order valence-corrected chi connectivity index (χ2v) is 5.22. The van der Waals surface area contributed by atoms with E-state index in [1.54, 1.807) is 0 Å². The van der Waals surface area contributed by atoms with Gasteiger partial charge >= 0.3 is 0 Å². The first-order valence-electron chi connectivity index (χ1n) is 7.21. The molecular formula is C16H23NO2. The molecule has 0 aromatic heterocycles. The van der Waals surface area contributed by atoms with Crippen LogP contribution in [0, 0.1) is 0 Å². The molecule has 0 saturated carbocycles. The molecule has 1 aromatic carbocycles. The van der Waals surface area contributed by atoms with Gasteiger partial charge in [0.1, 0.15) is 6.10 Å². The molecule has 1 fully saturated rings. The summed E-state index contributed by atoms with van der Waals surface area (Å²) in [6, 6.07) is 8.53. The average Bonchev–Trinajstić information content (AvgIpc) is 2.94. The Bertz CT molecular complexity index is 407. The molecule has 2 atom stereocenters. The number of benzene rings is 1. The second kappa shape index (κ2) is 6.71. The Kier molecular flexibility index (Phi) is 4.97. The Balaban J connectivity index is 1.91. The minimum absolute atomic E-state index is 0.0163. The lowest BCUT2D eigenvalue weighted by molar-refractivity contribution is -0.130. The molecule has 2 rings (SSSR count). The van der Waals surface area contributed by atoms with Crippen LogP contribution in [0.25, 0.3) is 0 Å². The van der Waals surface area contributed by atoms with Gasteiger partial charge < -0.3 is 10.1 Å². The number of hydrogen-bond acceptors (Lipinski definition) is 2. The summed E-state index contributed by atoms with van der Waals surface area (Å²) in [5.74, 6) is 0.0163. The minimum atomic E-state index is -0.248. The zero-order chi connectivity index (χ0) is 13.7. The van der Waals surface area contributed by atoms with E-state index < -0.39 is 0 Å². The summed E-state index contributed by atoms with van der Waals surface area (Å²) < 4.78 is 5.39. The zero-order valence-electron chi connectivity index (χ0n) is 11.8. The van der Waals surface area contributed by atoms with Crippen LogP contribution < -0.4 is 5.32 Å². The van der Waals surface area contributed by atoms with Crippen molar-refractivity contribution in [3.05, 3.63) is 35.4 Å². The van der Waals surface area contributed by atoms with Crippen LogP contribution in [0.5, 0.6) is 0 Å². The van der Waals surface area contributed by atoms with Gasteiger partial charge in [0.15, 0.2) is 0 Å². The third-order valence-electron chi connectivity index (χ3n) is 3.60. The molecule has 1 aromatic rings. The molecule has 3 nitrogen and oxygen atoms in total. The first-order chi connectivity index (χ1) is 9.20. The highest BCUT2D eigenvalue weighted by atomic mass is 16.5. The van der Waals surface area contributed by atoms with Crippen molar-refractivity contribution < 1.29 is 9.53 Å². The van der Waals surface area contributed by atoms with Gasteiger partial charge in [-0.3, -0.25) is 4.79 Å². The van der Waals surface area contributed by atoms with Crippen molar-refractivity contribution in [1.82, 2.24) is 5.32 Å². The van der Waals surface area contributed by atoms with E-state index in [-0.39, 0.29) is 18.1 Å². The highest BCUT2D eigenvalue weighted by Gasteiger charge is 2.24.